The van der Waals surface area contributed by atoms with Crippen LogP contribution in [0.5, 0.6) is 0 Å². The Morgan fingerprint density at radius 2 is 0.721 bits per heavy atom. The zero-order valence-electron chi connectivity index (χ0n) is 46.6. The van der Waals surface area contributed by atoms with Crippen molar-refractivity contribution in [3.8, 4) is 0 Å². The molecule has 0 aromatic carbocycles. The standard InChI is InChI=1S/C59H121N2O6P/c1-6-8-10-12-14-16-18-19-20-21-22-23-24-25-26-27-28-29-30-31-32-33-34-35-36-37-38-39-40-41-43-45-47-49-51-53-59(63)60-57(56-67-68(64,65)66-55-54-61(3,4)5)58(62)52-50-48-46-44-42-17-15-13-11-9-7-2/h57-58,62H,6-56H2,1-5H3,(H-,60,63,64,65)/t57-,58+/m0/s1. The lowest BCUT2D eigenvalue weighted by Gasteiger charge is -2.30. The third kappa shape index (κ3) is 53.3. The predicted octanol–water partition coefficient (Wildman–Crippen LogP) is 17.8. The quantitative estimate of drug-likeness (QED) is 0.0357. The molecule has 0 rings (SSSR count). The summed E-state index contributed by atoms with van der Waals surface area (Å²) in [6.45, 7) is 4.75. The predicted molar refractivity (Wildman–Crippen MR) is 293 cm³/mol. The third-order valence-electron chi connectivity index (χ3n) is 14.3. The van der Waals surface area contributed by atoms with E-state index in [0.717, 1.165) is 38.5 Å². The average Bonchev–Trinajstić information content (AvgIpc) is 3.30. The van der Waals surface area contributed by atoms with Crippen molar-refractivity contribution in [1.82, 2.24) is 5.32 Å². The van der Waals surface area contributed by atoms with Crippen LogP contribution in [0.2, 0.25) is 0 Å². The number of aliphatic hydroxyl groups excluding tert-OH is 1. The number of rotatable bonds is 57. The Morgan fingerprint density at radius 1 is 0.456 bits per heavy atom. The molecule has 408 valence electrons. The molecule has 0 saturated heterocycles. The molecule has 0 saturated carbocycles. The van der Waals surface area contributed by atoms with Crippen LogP contribution in [-0.2, 0) is 18.4 Å². The summed E-state index contributed by atoms with van der Waals surface area (Å²) >= 11 is 0. The monoisotopic (exact) mass is 985 g/mol. The fraction of sp³-hybridized carbons (Fsp3) is 0.983. The largest absolute Gasteiger partial charge is 0.756 e. The van der Waals surface area contributed by atoms with Gasteiger partial charge in [-0.15, -0.1) is 0 Å². The summed E-state index contributed by atoms with van der Waals surface area (Å²) in [5.41, 5.74) is 0. The number of nitrogens with zero attached hydrogens (tertiary/aromatic N) is 1. The lowest BCUT2D eigenvalue weighted by Crippen LogP contribution is -2.46. The number of amides is 1. The first-order valence-electron chi connectivity index (χ1n) is 30.4. The molecule has 0 heterocycles. The van der Waals surface area contributed by atoms with E-state index in [0.29, 0.717) is 23.9 Å². The number of carbonyl (C=O) groups is 1. The van der Waals surface area contributed by atoms with Crippen molar-refractivity contribution in [1.29, 1.82) is 0 Å². The van der Waals surface area contributed by atoms with Gasteiger partial charge < -0.3 is 28.8 Å². The number of carbonyl (C=O) groups excluding carboxylic acids is 1. The van der Waals surface area contributed by atoms with Gasteiger partial charge >= 0.3 is 0 Å². The molecular weight excluding hydrogens is 864 g/mol. The van der Waals surface area contributed by atoms with Gasteiger partial charge in [0.1, 0.15) is 13.2 Å². The van der Waals surface area contributed by atoms with E-state index in [-0.39, 0.29) is 19.1 Å². The number of phosphoric acid groups is 1. The van der Waals surface area contributed by atoms with Crippen LogP contribution in [0.4, 0.5) is 0 Å². The highest BCUT2D eigenvalue weighted by atomic mass is 31.2. The lowest BCUT2D eigenvalue weighted by molar-refractivity contribution is -0.870. The summed E-state index contributed by atoms with van der Waals surface area (Å²) < 4.78 is 23.3. The van der Waals surface area contributed by atoms with Gasteiger partial charge in [-0.1, -0.05) is 303 Å². The number of hydrogen-bond donors (Lipinski definition) is 2. The maximum Gasteiger partial charge on any atom is 0.268 e. The van der Waals surface area contributed by atoms with Crippen LogP contribution in [-0.4, -0.2) is 68.5 Å². The third-order valence-corrected chi connectivity index (χ3v) is 15.3. The topological polar surface area (TPSA) is 108 Å². The van der Waals surface area contributed by atoms with Gasteiger partial charge in [0, 0.05) is 6.42 Å². The SMILES string of the molecule is CCCCCCCCCCCCCCCCCCCCCCCCCCCCCCCCCCCCCC(=O)N[C@@H](COP(=O)([O-])OCC[N+](C)(C)C)[C@H](O)CCCCCCCCCCCCC. The Morgan fingerprint density at radius 3 is 1.00 bits per heavy atom. The van der Waals surface area contributed by atoms with Crippen molar-refractivity contribution < 1.29 is 32.9 Å². The van der Waals surface area contributed by atoms with Crippen molar-refractivity contribution in [2.45, 2.75) is 334 Å². The van der Waals surface area contributed by atoms with Gasteiger partial charge in [-0.25, -0.2) is 0 Å². The summed E-state index contributed by atoms with van der Waals surface area (Å²) in [5, 5.41) is 14.0. The van der Waals surface area contributed by atoms with Crippen molar-refractivity contribution in [2.24, 2.45) is 0 Å². The van der Waals surface area contributed by atoms with Crippen LogP contribution in [0.1, 0.15) is 322 Å². The molecule has 0 radical (unpaired) electrons. The maximum absolute atomic E-state index is 12.9. The van der Waals surface area contributed by atoms with E-state index in [4.69, 9.17) is 9.05 Å². The minimum absolute atomic E-state index is 0.0162. The molecule has 9 heteroatoms. The summed E-state index contributed by atoms with van der Waals surface area (Å²) in [4.78, 5) is 25.4. The molecule has 1 unspecified atom stereocenters. The molecule has 0 aliphatic carbocycles. The number of aliphatic hydroxyl groups is 1. The van der Waals surface area contributed by atoms with Crippen LogP contribution in [0.3, 0.4) is 0 Å². The van der Waals surface area contributed by atoms with Gasteiger partial charge in [0.25, 0.3) is 7.82 Å². The maximum atomic E-state index is 12.9. The molecule has 1 amide bonds. The molecular formula is C59H121N2O6P. The molecule has 0 aliphatic heterocycles. The number of likely N-dealkylation sites (N-methyl/N-ethyl adjacent to an activating group) is 1. The van der Waals surface area contributed by atoms with E-state index in [9.17, 15) is 19.4 Å². The molecule has 68 heavy (non-hydrogen) atoms. The molecule has 0 aliphatic rings. The molecule has 0 bridgehead atoms. The molecule has 0 fully saturated rings. The first-order chi connectivity index (χ1) is 33.0. The molecule has 2 N–H and O–H groups in total. The first-order valence-corrected chi connectivity index (χ1v) is 31.8. The second-order valence-corrected chi connectivity index (χ2v) is 23.8. The lowest BCUT2D eigenvalue weighted by atomic mass is 10.0. The van der Waals surface area contributed by atoms with Crippen LogP contribution >= 0.6 is 7.82 Å². The Kier molecular flexibility index (Phi) is 51.0. The van der Waals surface area contributed by atoms with E-state index in [2.05, 4.69) is 19.2 Å². The van der Waals surface area contributed by atoms with Crippen molar-refractivity contribution in [3.63, 3.8) is 0 Å². The van der Waals surface area contributed by atoms with Crippen LogP contribution in [0, 0.1) is 0 Å². The second kappa shape index (κ2) is 51.4. The molecule has 8 nitrogen and oxygen atoms in total. The van der Waals surface area contributed by atoms with Gasteiger partial charge in [-0.05, 0) is 12.8 Å². The van der Waals surface area contributed by atoms with E-state index in [1.807, 2.05) is 21.1 Å². The summed E-state index contributed by atoms with van der Waals surface area (Å²) in [6.07, 6.45) is 61.8. The van der Waals surface area contributed by atoms with E-state index in [1.54, 1.807) is 0 Å². The van der Waals surface area contributed by atoms with E-state index >= 15 is 0 Å². The Bertz CT molecular complexity index is 1070. The Balaban J connectivity index is 3.83. The number of unbranched alkanes of at least 4 members (excludes halogenated alkanes) is 44. The van der Waals surface area contributed by atoms with Crippen molar-refractivity contribution in [2.75, 3.05) is 40.9 Å². The highest BCUT2D eigenvalue weighted by molar-refractivity contribution is 7.45. The fourth-order valence-electron chi connectivity index (χ4n) is 9.57. The molecule has 0 aromatic heterocycles. The van der Waals surface area contributed by atoms with E-state index in [1.165, 1.54) is 257 Å². The normalized spacial score (nSPS) is 13.8. The van der Waals surface area contributed by atoms with Gasteiger partial charge in [0.15, 0.2) is 0 Å². The smallest absolute Gasteiger partial charge is 0.268 e. The number of phosphoric ester groups is 1. The van der Waals surface area contributed by atoms with Crippen molar-refractivity contribution >= 4 is 13.7 Å². The Labute approximate surface area is 425 Å². The summed E-state index contributed by atoms with van der Waals surface area (Å²) in [6, 6.07) is -0.794. The van der Waals surface area contributed by atoms with E-state index < -0.39 is 20.0 Å². The molecule has 0 aromatic rings. The minimum Gasteiger partial charge on any atom is -0.756 e. The molecule has 3 atom stereocenters. The Hall–Kier alpha value is -0.500. The van der Waals surface area contributed by atoms with Crippen molar-refractivity contribution in [3.05, 3.63) is 0 Å². The van der Waals surface area contributed by atoms with Crippen LogP contribution < -0.4 is 10.2 Å². The van der Waals surface area contributed by atoms with Crippen LogP contribution in [0.15, 0.2) is 0 Å². The molecule has 0 spiro atoms. The van der Waals surface area contributed by atoms with Gasteiger partial charge in [0.2, 0.25) is 5.91 Å². The average molecular weight is 986 g/mol. The van der Waals surface area contributed by atoms with Crippen LogP contribution in [0.25, 0.3) is 0 Å². The highest BCUT2D eigenvalue weighted by Gasteiger charge is 2.24. The van der Waals surface area contributed by atoms with Gasteiger partial charge in [0.05, 0.1) is 39.9 Å². The minimum atomic E-state index is -4.56. The first kappa shape index (κ1) is 67.5. The number of nitrogens with one attached hydrogen (secondary N) is 1. The zero-order chi connectivity index (χ0) is 49.9. The summed E-state index contributed by atoms with van der Waals surface area (Å²) in [7, 11) is 1.32. The highest BCUT2D eigenvalue weighted by Crippen LogP contribution is 2.38. The summed E-state index contributed by atoms with van der Waals surface area (Å²) in [5.74, 6) is -0.158. The zero-order valence-corrected chi connectivity index (χ0v) is 47.5. The fourth-order valence-corrected chi connectivity index (χ4v) is 10.3. The number of hydrogen-bond acceptors (Lipinski definition) is 6. The van der Waals surface area contributed by atoms with Gasteiger partial charge in [-0.3, -0.25) is 9.36 Å². The van der Waals surface area contributed by atoms with Gasteiger partial charge in [-0.2, -0.15) is 0 Å². The number of quaternary nitrogens is 1. The second-order valence-electron chi connectivity index (χ2n) is 22.4.